The molecule has 3 nitrogen and oxygen atoms in total. The lowest BCUT2D eigenvalue weighted by Crippen LogP contribution is -2.12. The number of benzene rings is 2. The monoisotopic (exact) mass is 258 g/mol. The summed E-state index contributed by atoms with van der Waals surface area (Å²) in [5, 5.41) is 12.2. The van der Waals surface area contributed by atoms with E-state index in [9.17, 15) is 5.11 Å². The van der Waals surface area contributed by atoms with E-state index in [0.29, 0.717) is 6.42 Å². The van der Waals surface area contributed by atoms with Gasteiger partial charge in [-0.05, 0) is 18.9 Å². The number of rotatable bonds is 4. The molecule has 0 heterocycles. The Bertz CT molecular complexity index is 615. The molecule has 0 atom stereocenters. The Morgan fingerprint density at radius 1 is 1.11 bits per heavy atom. The van der Waals surface area contributed by atoms with E-state index in [2.05, 4.69) is 0 Å². The molecule has 19 heavy (non-hydrogen) atoms. The topological polar surface area (TPSA) is 38.7 Å². The lowest BCUT2D eigenvalue weighted by atomic mass is 9.99. The van der Waals surface area contributed by atoms with Crippen LogP contribution in [0.1, 0.15) is 18.4 Å². The molecule has 0 bridgehead atoms. The van der Waals surface area contributed by atoms with Crippen LogP contribution in [-0.4, -0.2) is 24.9 Å². The van der Waals surface area contributed by atoms with E-state index in [1.165, 1.54) is 0 Å². The average Bonchev–Trinajstić information content (AvgIpc) is 3.15. The summed E-state index contributed by atoms with van der Waals surface area (Å²) in [6.07, 6.45) is 2.36. The molecule has 1 fully saturated rings. The zero-order chi connectivity index (χ0) is 13.5. The Labute approximate surface area is 112 Å². The molecule has 2 aromatic rings. The summed E-state index contributed by atoms with van der Waals surface area (Å²) in [5.74, 6) is 1.67. The molecule has 2 aromatic carbocycles. The first-order valence-corrected chi connectivity index (χ1v) is 6.52. The van der Waals surface area contributed by atoms with Gasteiger partial charge in [0.25, 0.3) is 0 Å². The smallest absolute Gasteiger partial charge is 0.130 e. The Morgan fingerprint density at radius 3 is 2.37 bits per heavy atom. The van der Waals surface area contributed by atoms with Crippen LogP contribution >= 0.6 is 0 Å². The highest BCUT2D eigenvalue weighted by atomic mass is 16.5. The number of hydrogen-bond acceptors (Lipinski definition) is 3. The van der Waals surface area contributed by atoms with Crippen LogP contribution in [0.5, 0.6) is 11.5 Å². The summed E-state index contributed by atoms with van der Waals surface area (Å²) in [4.78, 5) is 0. The summed E-state index contributed by atoms with van der Waals surface area (Å²) in [5.41, 5.74) is 0.471. The minimum Gasteiger partial charge on any atom is -0.496 e. The first kappa shape index (κ1) is 12.3. The van der Waals surface area contributed by atoms with Gasteiger partial charge in [0.1, 0.15) is 11.5 Å². The quantitative estimate of drug-likeness (QED) is 0.916. The van der Waals surface area contributed by atoms with Crippen LogP contribution in [-0.2, 0) is 6.42 Å². The summed E-state index contributed by atoms with van der Waals surface area (Å²) in [7, 11) is 3.35. The molecule has 0 amide bonds. The van der Waals surface area contributed by atoms with E-state index >= 15 is 0 Å². The minimum absolute atomic E-state index is 0.541. The van der Waals surface area contributed by atoms with E-state index < -0.39 is 5.60 Å². The van der Waals surface area contributed by atoms with Gasteiger partial charge < -0.3 is 14.6 Å². The first-order chi connectivity index (χ1) is 9.17. The molecule has 0 aliphatic heterocycles. The van der Waals surface area contributed by atoms with Crippen molar-refractivity contribution < 1.29 is 14.6 Å². The molecule has 0 unspecified atom stereocenters. The van der Waals surface area contributed by atoms with Gasteiger partial charge in [-0.1, -0.05) is 24.3 Å². The Balaban J connectivity index is 2.19. The summed E-state index contributed by atoms with van der Waals surface area (Å²) < 4.78 is 11.0. The second-order valence-electron chi connectivity index (χ2n) is 5.22. The van der Waals surface area contributed by atoms with E-state index in [0.717, 1.165) is 40.7 Å². The van der Waals surface area contributed by atoms with Crippen molar-refractivity contribution in [2.45, 2.75) is 24.9 Å². The second kappa shape index (κ2) is 4.42. The maximum atomic E-state index is 10.1. The van der Waals surface area contributed by atoms with E-state index in [4.69, 9.17) is 9.47 Å². The molecule has 0 radical (unpaired) electrons. The molecule has 3 heteroatoms. The number of aliphatic hydroxyl groups is 1. The first-order valence-electron chi connectivity index (χ1n) is 6.52. The van der Waals surface area contributed by atoms with Crippen molar-refractivity contribution in [3.05, 3.63) is 35.9 Å². The van der Waals surface area contributed by atoms with Gasteiger partial charge in [-0.3, -0.25) is 0 Å². The van der Waals surface area contributed by atoms with Crippen LogP contribution in [0, 0.1) is 0 Å². The standard InChI is InChI=1S/C16H18O3/c1-18-14-9-11(10-16(17)7-8-16)15(19-2)13-6-4-3-5-12(13)14/h3-6,9,17H,7-8,10H2,1-2H3. The van der Waals surface area contributed by atoms with Crippen molar-refractivity contribution in [1.82, 2.24) is 0 Å². The van der Waals surface area contributed by atoms with Crippen LogP contribution in [0.4, 0.5) is 0 Å². The van der Waals surface area contributed by atoms with Crippen LogP contribution in [0.15, 0.2) is 30.3 Å². The van der Waals surface area contributed by atoms with Crippen molar-refractivity contribution in [3.63, 3.8) is 0 Å². The highest BCUT2D eigenvalue weighted by Gasteiger charge is 2.41. The van der Waals surface area contributed by atoms with Gasteiger partial charge >= 0.3 is 0 Å². The third-order valence-corrected chi connectivity index (χ3v) is 3.80. The number of methoxy groups -OCH3 is 2. The molecule has 0 spiro atoms. The molecule has 1 N–H and O–H groups in total. The second-order valence-corrected chi connectivity index (χ2v) is 5.22. The molecule has 100 valence electrons. The molecular formula is C16H18O3. The number of ether oxygens (including phenoxy) is 2. The zero-order valence-electron chi connectivity index (χ0n) is 11.3. The van der Waals surface area contributed by atoms with E-state index in [-0.39, 0.29) is 0 Å². The van der Waals surface area contributed by atoms with Gasteiger partial charge in [-0.2, -0.15) is 0 Å². The maximum absolute atomic E-state index is 10.1. The van der Waals surface area contributed by atoms with Crippen molar-refractivity contribution in [2.75, 3.05) is 14.2 Å². The highest BCUT2D eigenvalue weighted by molar-refractivity contribution is 5.94. The molecule has 3 rings (SSSR count). The average molecular weight is 258 g/mol. The predicted molar refractivity (Wildman–Crippen MR) is 74.9 cm³/mol. The van der Waals surface area contributed by atoms with Crippen LogP contribution in [0.2, 0.25) is 0 Å². The van der Waals surface area contributed by atoms with Crippen LogP contribution < -0.4 is 9.47 Å². The van der Waals surface area contributed by atoms with E-state index in [1.807, 2.05) is 30.3 Å². The molecule has 0 saturated heterocycles. The van der Waals surface area contributed by atoms with Crippen molar-refractivity contribution in [3.8, 4) is 11.5 Å². The van der Waals surface area contributed by atoms with Gasteiger partial charge in [0.05, 0.1) is 19.8 Å². The maximum Gasteiger partial charge on any atom is 0.130 e. The minimum atomic E-state index is -0.541. The third-order valence-electron chi connectivity index (χ3n) is 3.80. The third kappa shape index (κ3) is 2.15. The molecule has 1 aliphatic carbocycles. The lowest BCUT2D eigenvalue weighted by molar-refractivity contribution is 0.150. The summed E-state index contributed by atoms with van der Waals surface area (Å²) in [6, 6.07) is 10.00. The van der Waals surface area contributed by atoms with Crippen molar-refractivity contribution >= 4 is 10.8 Å². The van der Waals surface area contributed by atoms with Crippen LogP contribution in [0.3, 0.4) is 0 Å². The van der Waals surface area contributed by atoms with Gasteiger partial charge in [-0.15, -0.1) is 0 Å². The van der Waals surface area contributed by atoms with Crippen molar-refractivity contribution in [1.29, 1.82) is 0 Å². The number of fused-ring (bicyclic) bond motifs is 1. The fraction of sp³-hybridized carbons (Fsp3) is 0.375. The van der Waals surface area contributed by atoms with Crippen molar-refractivity contribution in [2.24, 2.45) is 0 Å². The normalized spacial score (nSPS) is 16.4. The summed E-state index contributed by atoms with van der Waals surface area (Å²) >= 11 is 0. The molecular weight excluding hydrogens is 240 g/mol. The predicted octanol–water partition coefficient (Wildman–Crippen LogP) is 2.92. The molecule has 0 aromatic heterocycles. The Kier molecular flexibility index (Phi) is 2.86. The van der Waals surface area contributed by atoms with Crippen LogP contribution in [0.25, 0.3) is 10.8 Å². The Morgan fingerprint density at radius 2 is 1.79 bits per heavy atom. The SMILES string of the molecule is COc1cc(CC2(O)CC2)c(OC)c2ccccc12. The van der Waals surface area contributed by atoms with E-state index in [1.54, 1.807) is 14.2 Å². The van der Waals surface area contributed by atoms with Gasteiger partial charge in [0.15, 0.2) is 0 Å². The highest BCUT2D eigenvalue weighted by Crippen LogP contribution is 2.43. The largest absolute Gasteiger partial charge is 0.496 e. The van der Waals surface area contributed by atoms with Gasteiger partial charge in [0, 0.05) is 22.8 Å². The van der Waals surface area contributed by atoms with Gasteiger partial charge in [0.2, 0.25) is 0 Å². The van der Waals surface area contributed by atoms with Gasteiger partial charge in [-0.25, -0.2) is 0 Å². The number of hydrogen-bond donors (Lipinski definition) is 1. The fourth-order valence-electron chi connectivity index (χ4n) is 2.59. The zero-order valence-corrected chi connectivity index (χ0v) is 11.3. The summed E-state index contributed by atoms with van der Waals surface area (Å²) in [6.45, 7) is 0. The Hall–Kier alpha value is -1.74. The fourth-order valence-corrected chi connectivity index (χ4v) is 2.59. The lowest BCUT2D eigenvalue weighted by Gasteiger charge is -2.17. The molecule has 1 aliphatic rings. The molecule has 1 saturated carbocycles.